The molecule has 1 aliphatic rings. The molecule has 0 aliphatic carbocycles. The van der Waals surface area contributed by atoms with Crippen molar-refractivity contribution in [3.05, 3.63) is 130 Å². The molecule has 0 bridgehead atoms. The summed E-state index contributed by atoms with van der Waals surface area (Å²) in [4.78, 5) is 27.8. The summed E-state index contributed by atoms with van der Waals surface area (Å²) in [5.41, 5.74) is 2.88. The number of hydrogen-bond acceptors (Lipinski definition) is 5. The average Bonchev–Trinajstić information content (AvgIpc) is 3.22. The van der Waals surface area contributed by atoms with Gasteiger partial charge in [-0.3, -0.25) is 14.5 Å². The fourth-order valence-corrected chi connectivity index (χ4v) is 5.07. The van der Waals surface area contributed by atoms with Crippen molar-refractivity contribution in [2.45, 2.75) is 6.61 Å². The van der Waals surface area contributed by atoms with E-state index < -0.39 is 11.7 Å². The highest BCUT2D eigenvalue weighted by Gasteiger charge is 2.33. The normalized spacial score (nSPS) is 14.1. The van der Waals surface area contributed by atoms with Crippen molar-refractivity contribution in [3.63, 3.8) is 0 Å². The van der Waals surface area contributed by atoms with Crippen LogP contribution in [0.4, 0.5) is 20.2 Å². The highest BCUT2D eigenvalue weighted by atomic mass is 32.2. The predicted molar refractivity (Wildman–Crippen MR) is 154 cm³/mol. The second-order valence-electron chi connectivity index (χ2n) is 8.51. The van der Waals surface area contributed by atoms with E-state index in [-0.39, 0.29) is 11.7 Å². The molecule has 4 aromatic carbocycles. The summed E-state index contributed by atoms with van der Waals surface area (Å²) in [5, 5.41) is 2.71. The molecule has 39 heavy (non-hydrogen) atoms. The number of nitrogens with one attached hydrogen (secondary N) is 1. The van der Waals surface area contributed by atoms with E-state index in [0.717, 1.165) is 11.1 Å². The Bertz CT molecular complexity index is 1570. The lowest BCUT2D eigenvalue weighted by molar-refractivity contribution is -0.113. The Morgan fingerprint density at radius 1 is 0.923 bits per heavy atom. The average molecular weight is 559 g/mol. The SMILES string of the molecule is O=C(Nc1ccc(F)cc1)c1cccc(N2C(=O)/C(=C\c3ccc(OCc4ccc(F)cc4)cc3)SC2=S)c1. The molecular weight excluding hydrogens is 538 g/mol. The standard InChI is InChI=1S/C30H20F2N2O3S2/c31-22-8-4-20(5-9-22)18-37-26-14-6-19(7-15-26)16-27-29(36)34(30(38)39-27)25-3-1-2-21(17-25)28(35)33-24-12-10-23(32)11-13-24/h1-17H,18H2,(H,33,35)/b27-16+. The fourth-order valence-electron chi connectivity index (χ4n) is 3.77. The van der Waals surface area contributed by atoms with E-state index in [1.165, 1.54) is 53.1 Å². The van der Waals surface area contributed by atoms with Gasteiger partial charge < -0.3 is 10.1 Å². The van der Waals surface area contributed by atoms with Gasteiger partial charge in [-0.25, -0.2) is 8.78 Å². The van der Waals surface area contributed by atoms with Crippen molar-refractivity contribution in [3.8, 4) is 5.75 Å². The summed E-state index contributed by atoms with van der Waals surface area (Å²) in [6.45, 7) is 0.305. The molecule has 0 radical (unpaired) electrons. The topological polar surface area (TPSA) is 58.6 Å². The second-order valence-corrected chi connectivity index (χ2v) is 10.2. The molecular formula is C30H20F2N2O3S2. The first-order chi connectivity index (χ1) is 18.9. The molecule has 1 saturated heterocycles. The van der Waals surface area contributed by atoms with Gasteiger partial charge in [0.2, 0.25) is 0 Å². The lowest BCUT2D eigenvalue weighted by Crippen LogP contribution is -2.27. The number of nitrogens with zero attached hydrogens (tertiary/aromatic N) is 1. The van der Waals surface area contributed by atoms with Crippen molar-refractivity contribution in [2.24, 2.45) is 0 Å². The van der Waals surface area contributed by atoms with Crippen LogP contribution >= 0.6 is 24.0 Å². The van der Waals surface area contributed by atoms with Crippen molar-refractivity contribution >= 4 is 57.6 Å². The van der Waals surface area contributed by atoms with E-state index in [0.29, 0.717) is 38.5 Å². The molecule has 0 saturated carbocycles. The minimum absolute atomic E-state index is 0.294. The van der Waals surface area contributed by atoms with E-state index in [1.807, 2.05) is 12.1 Å². The van der Waals surface area contributed by atoms with Crippen molar-refractivity contribution in [1.82, 2.24) is 0 Å². The molecule has 9 heteroatoms. The zero-order valence-corrected chi connectivity index (χ0v) is 21.9. The summed E-state index contributed by atoms with van der Waals surface area (Å²) in [6.07, 6.45) is 1.74. The van der Waals surface area contributed by atoms with Crippen LogP contribution in [-0.4, -0.2) is 16.1 Å². The molecule has 4 aromatic rings. The van der Waals surface area contributed by atoms with Gasteiger partial charge in [-0.05, 0) is 83.9 Å². The van der Waals surface area contributed by atoms with Gasteiger partial charge in [0.25, 0.3) is 11.8 Å². The Hall–Kier alpha value is -4.34. The van der Waals surface area contributed by atoms with Gasteiger partial charge in [0.1, 0.15) is 24.0 Å². The Morgan fingerprint density at radius 2 is 1.59 bits per heavy atom. The van der Waals surface area contributed by atoms with Crippen LogP contribution in [-0.2, 0) is 11.4 Å². The highest BCUT2D eigenvalue weighted by Crippen LogP contribution is 2.36. The second kappa shape index (κ2) is 11.6. The third kappa shape index (κ3) is 6.39. The van der Waals surface area contributed by atoms with Gasteiger partial charge in [-0.2, -0.15) is 0 Å². The van der Waals surface area contributed by atoms with Crippen molar-refractivity contribution in [2.75, 3.05) is 10.2 Å². The maximum atomic E-state index is 13.2. The number of ether oxygens (including phenoxy) is 1. The first kappa shape index (κ1) is 26.3. The molecule has 194 valence electrons. The number of carbonyl (C=O) groups excluding carboxylic acids is 2. The van der Waals surface area contributed by atoms with Gasteiger partial charge in [0, 0.05) is 11.3 Å². The lowest BCUT2D eigenvalue weighted by atomic mass is 10.1. The minimum Gasteiger partial charge on any atom is -0.489 e. The predicted octanol–water partition coefficient (Wildman–Crippen LogP) is 7.20. The Morgan fingerprint density at radius 3 is 2.28 bits per heavy atom. The number of thiocarbonyl (C=S) groups is 1. The molecule has 5 nitrogen and oxygen atoms in total. The first-order valence-electron chi connectivity index (χ1n) is 11.8. The van der Waals surface area contributed by atoms with Crippen LogP contribution in [0.2, 0.25) is 0 Å². The molecule has 1 fully saturated rings. The molecule has 0 spiro atoms. The number of anilines is 2. The van der Waals surface area contributed by atoms with Crippen LogP contribution in [0.15, 0.2) is 102 Å². The van der Waals surface area contributed by atoms with Crippen LogP contribution in [0.25, 0.3) is 6.08 Å². The lowest BCUT2D eigenvalue weighted by Gasteiger charge is -2.15. The molecule has 1 N–H and O–H groups in total. The molecule has 0 unspecified atom stereocenters. The van der Waals surface area contributed by atoms with Gasteiger partial charge in [0.15, 0.2) is 4.32 Å². The van der Waals surface area contributed by atoms with Crippen LogP contribution in [0.5, 0.6) is 5.75 Å². The summed E-state index contributed by atoms with van der Waals surface area (Å²) in [7, 11) is 0. The number of amides is 2. The highest BCUT2D eigenvalue weighted by molar-refractivity contribution is 8.27. The molecule has 0 atom stereocenters. The summed E-state index contributed by atoms with van der Waals surface area (Å²) in [5.74, 6) is -0.749. The van der Waals surface area contributed by atoms with E-state index in [2.05, 4.69) is 5.32 Å². The maximum Gasteiger partial charge on any atom is 0.270 e. The monoisotopic (exact) mass is 558 g/mol. The van der Waals surface area contributed by atoms with Crippen molar-refractivity contribution in [1.29, 1.82) is 0 Å². The molecule has 1 aliphatic heterocycles. The van der Waals surface area contributed by atoms with Crippen LogP contribution in [0, 0.1) is 11.6 Å². The van der Waals surface area contributed by atoms with E-state index in [9.17, 15) is 18.4 Å². The van der Waals surface area contributed by atoms with Crippen LogP contribution in [0.1, 0.15) is 21.5 Å². The van der Waals surface area contributed by atoms with Gasteiger partial charge in [-0.15, -0.1) is 0 Å². The fraction of sp³-hybridized carbons (Fsp3) is 0.0333. The number of benzene rings is 4. The number of rotatable bonds is 7. The van der Waals surface area contributed by atoms with Gasteiger partial charge in [0.05, 0.1) is 10.6 Å². The van der Waals surface area contributed by atoms with E-state index >= 15 is 0 Å². The third-order valence-electron chi connectivity index (χ3n) is 5.76. The molecule has 5 rings (SSSR count). The number of hydrogen-bond donors (Lipinski definition) is 1. The van der Waals surface area contributed by atoms with E-state index in [1.54, 1.807) is 54.6 Å². The molecule has 0 aromatic heterocycles. The Kier molecular flexibility index (Phi) is 7.81. The Labute approximate surface area is 233 Å². The van der Waals surface area contributed by atoms with Gasteiger partial charge in [-0.1, -0.05) is 54.3 Å². The maximum absolute atomic E-state index is 13.2. The quantitative estimate of drug-likeness (QED) is 0.192. The molecule has 2 amide bonds. The van der Waals surface area contributed by atoms with Crippen LogP contribution in [0.3, 0.4) is 0 Å². The zero-order valence-electron chi connectivity index (χ0n) is 20.3. The number of carbonyl (C=O) groups is 2. The molecule has 1 heterocycles. The largest absolute Gasteiger partial charge is 0.489 e. The Balaban J connectivity index is 1.26. The van der Waals surface area contributed by atoms with E-state index in [4.69, 9.17) is 17.0 Å². The third-order valence-corrected chi connectivity index (χ3v) is 7.06. The zero-order chi connectivity index (χ0) is 27.4. The summed E-state index contributed by atoms with van der Waals surface area (Å²) in [6, 6.07) is 25.4. The number of thioether (sulfide) groups is 1. The van der Waals surface area contributed by atoms with Crippen molar-refractivity contribution < 1.29 is 23.1 Å². The van der Waals surface area contributed by atoms with Gasteiger partial charge >= 0.3 is 0 Å². The smallest absolute Gasteiger partial charge is 0.270 e. The summed E-state index contributed by atoms with van der Waals surface area (Å²) >= 11 is 6.65. The minimum atomic E-state index is -0.399. The first-order valence-corrected chi connectivity index (χ1v) is 13.0. The number of halogens is 2. The van der Waals surface area contributed by atoms with Crippen LogP contribution < -0.4 is 15.0 Å². The summed E-state index contributed by atoms with van der Waals surface area (Å²) < 4.78 is 32.3.